The van der Waals surface area contributed by atoms with Crippen molar-refractivity contribution < 1.29 is 9.47 Å². The van der Waals surface area contributed by atoms with Crippen LogP contribution in [-0.4, -0.2) is 44.3 Å². The third-order valence-corrected chi connectivity index (χ3v) is 2.85. The Bertz CT molecular complexity index is 83.7. The van der Waals surface area contributed by atoms with Crippen LogP contribution < -0.4 is 0 Å². The smallest absolute Gasteiger partial charge is 0.0700 e. The van der Waals surface area contributed by atoms with Crippen LogP contribution in [0, 0.1) is 0 Å². The van der Waals surface area contributed by atoms with E-state index >= 15 is 0 Å². The summed E-state index contributed by atoms with van der Waals surface area (Å²) in [4.78, 5) is 0. The molecule has 0 aliphatic rings. The topological polar surface area (TPSA) is 18.5 Å². The van der Waals surface area contributed by atoms with Crippen molar-refractivity contribution in [2.75, 3.05) is 44.3 Å². The highest BCUT2D eigenvalue weighted by Gasteiger charge is 1.90. The van der Waals surface area contributed by atoms with Crippen LogP contribution in [-0.2, 0) is 9.47 Å². The summed E-state index contributed by atoms with van der Waals surface area (Å²) in [5, 5.41) is 0. The predicted molar refractivity (Wildman–Crippen MR) is 60.0 cm³/mol. The molecule has 0 unspecified atom stereocenters. The zero-order valence-electron chi connectivity index (χ0n) is 8.26. The summed E-state index contributed by atoms with van der Waals surface area (Å²) in [6.07, 6.45) is 2.23. The first-order valence-corrected chi connectivity index (χ1v) is 6.31. The number of rotatable bonds is 10. The van der Waals surface area contributed by atoms with E-state index in [1.54, 1.807) is 7.11 Å². The van der Waals surface area contributed by atoms with Gasteiger partial charge in [0, 0.05) is 19.6 Å². The van der Waals surface area contributed by atoms with Gasteiger partial charge in [-0.3, -0.25) is 0 Å². The number of alkyl halides is 1. The third-order valence-electron chi connectivity index (χ3n) is 1.43. The van der Waals surface area contributed by atoms with Crippen molar-refractivity contribution in [1.29, 1.82) is 0 Å². The molecule has 0 amide bonds. The molecule has 0 spiro atoms. The van der Waals surface area contributed by atoms with E-state index in [9.17, 15) is 0 Å². The van der Waals surface area contributed by atoms with Crippen LogP contribution in [0.4, 0.5) is 0 Å². The zero-order chi connectivity index (χ0) is 9.78. The molecule has 0 fully saturated rings. The molecule has 0 saturated carbocycles. The van der Waals surface area contributed by atoms with Crippen molar-refractivity contribution in [2.45, 2.75) is 12.8 Å². The van der Waals surface area contributed by atoms with Gasteiger partial charge in [-0.1, -0.05) is 0 Å². The number of halogens is 1. The van der Waals surface area contributed by atoms with E-state index in [1.807, 2.05) is 11.8 Å². The van der Waals surface area contributed by atoms with Crippen LogP contribution in [0.5, 0.6) is 0 Å². The molecule has 0 atom stereocenters. The van der Waals surface area contributed by atoms with Crippen LogP contribution in [0.3, 0.4) is 0 Å². The molecule has 4 heteroatoms. The maximum Gasteiger partial charge on any atom is 0.0700 e. The van der Waals surface area contributed by atoms with Gasteiger partial charge in [-0.05, 0) is 24.3 Å². The van der Waals surface area contributed by atoms with E-state index in [4.69, 9.17) is 21.1 Å². The SMILES string of the molecule is COCCOCCCSCCCCl. The first-order chi connectivity index (χ1) is 6.41. The van der Waals surface area contributed by atoms with E-state index < -0.39 is 0 Å². The minimum Gasteiger partial charge on any atom is -0.382 e. The predicted octanol–water partition coefficient (Wildman–Crippen LogP) is 2.40. The third kappa shape index (κ3) is 12.6. The van der Waals surface area contributed by atoms with Crippen molar-refractivity contribution >= 4 is 23.4 Å². The van der Waals surface area contributed by atoms with Gasteiger partial charge in [-0.25, -0.2) is 0 Å². The quantitative estimate of drug-likeness (QED) is 0.421. The molecule has 0 saturated heterocycles. The number of methoxy groups -OCH3 is 1. The standard InChI is InChI=1S/C9H19ClO2S/c1-11-6-7-12-5-3-9-13-8-2-4-10/h2-9H2,1H3. The highest BCUT2D eigenvalue weighted by atomic mass is 35.5. The molecule has 0 radical (unpaired) electrons. The Morgan fingerprint density at radius 1 is 1.08 bits per heavy atom. The lowest BCUT2D eigenvalue weighted by atomic mass is 10.5. The molecule has 0 aromatic carbocycles. The average Bonchev–Trinajstić information content (AvgIpc) is 2.16. The fourth-order valence-corrected chi connectivity index (χ4v) is 1.93. The molecule has 0 aromatic heterocycles. The normalized spacial score (nSPS) is 10.6. The molecule has 0 aliphatic carbocycles. The van der Waals surface area contributed by atoms with Gasteiger partial charge in [0.2, 0.25) is 0 Å². The Balaban J connectivity index is 2.76. The van der Waals surface area contributed by atoms with Crippen molar-refractivity contribution in [3.8, 4) is 0 Å². The van der Waals surface area contributed by atoms with Crippen LogP contribution >= 0.6 is 23.4 Å². The summed E-state index contributed by atoms with van der Waals surface area (Å²) in [6, 6.07) is 0. The first-order valence-electron chi connectivity index (χ1n) is 4.62. The molecule has 0 rings (SSSR count). The molecule has 80 valence electrons. The summed E-state index contributed by atoms with van der Waals surface area (Å²) in [5.74, 6) is 3.11. The summed E-state index contributed by atoms with van der Waals surface area (Å²) in [7, 11) is 1.69. The lowest BCUT2D eigenvalue weighted by Gasteiger charge is -2.02. The second kappa shape index (κ2) is 12.6. The van der Waals surface area contributed by atoms with Gasteiger partial charge < -0.3 is 9.47 Å². The second-order valence-corrected chi connectivity index (χ2v) is 4.22. The highest BCUT2D eigenvalue weighted by molar-refractivity contribution is 7.99. The van der Waals surface area contributed by atoms with Gasteiger partial charge >= 0.3 is 0 Å². The fourth-order valence-electron chi connectivity index (χ4n) is 0.766. The average molecular weight is 227 g/mol. The van der Waals surface area contributed by atoms with Gasteiger partial charge in [0.15, 0.2) is 0 Å². The van der Waals surface area contributed by atoms with E-state index in [2.05, 4.69) is 0 Å². The van der Waals surface area contributed by atoms with Crippen LogP contribution in [0.1, 0.15) is 12.8 Å². The lowest BCUT2D eigenvalue weighted by Crippen LogP contribution is -2.03. The number of hydrogen-bond acceptors (Lipinski definition) is 3. The van der Waals surface area contributed by atoms with Crippen LogP contribution in [0.2, 0.25) is 0 Å². The summed E-state index contributed by atoms with van der Waals surface area (Å²) < 4.78 is 10.2. The Labute approximate surface area is 90.3 Å². The molecule has 0 bridgehead atoms. The highest BCUT2D eigenvalue weighted by Crippen LogP contribution is 2.04. The maximum atomic E-state index is 5.55. The maximum absolute atomic E-state index is 5.55. The molecule has 0 N–H and O–H groups in total. The second-order valence-electron chi connectivity index (χ2n) is 2.61. The minimum absolute atomic E-state index is 0.694. The van der Waals surface area contributed by atoms with Crippen molar-refractivity contribution in [3.05, 3.63) is 0 Å². The summed E-state index contributed by atoms with van der Waals surface area (Å²) in [6.45, 7) is 2.25. The molecule has 0 heterocycles. The summed E-state index contributed by atoms with van der Waals surface area (Å²) >= 11 is 7.49. The Morgan fingerprint density at radius 2 is 1.85 bits per heavy atom. The van der Waals surface area contributed by atoms with Crippen molar-refractivity contribution in [2.24, 2.45) is 0 Å². The van der Waals surface area contributed by atoms with Gasteiger partial charge in [0.25, 0.3) is 0 Å². The molecule has 13 heavy (non-hydrogen) atoms. The first kappa shape index (κ1) is 13.6. The fraction of sp³-hybridized carbons (Fsp3) is 1.00. The number of thioether (sulfide) groups is 1. The van der Waals surface area contributed by atoms with E-state index in [-0.39, 0.29) is 0 Å². The summed E-state index contributed by atoms with van der Waals surface area (Å²) in [5.41, 5.74) is 0. The molecular formula is C9H19ClO2S. The minimum atomic E-state index is 0.694. The van der Waals surface area contributed by atoms with E-state index in [0.29, 0.717) is 13.2 Å². The molecule has 2 nitrogen and oxygen atoms in total. The van der Waals surface area contributed by atoms with Crippen LogP contribution in [0.15, 0.2) is 0 Å². The monoisotopic (exact) mass is 226 g/mol. The Morgan fingerprint density at radius 3 is 2.54 bits per heavy atom. The van der Waals surface area contributed by atoms with Crippen molar-refractivity contribution in [1.82, 2.24) is 0 Å². The molecule has 0 aliphatic heterocycles. The van der Waals surface area contributed by atoms with Crippen molar-refractivity contribution in [3.63, 3.8) is 0 Å². The zero-order valence-corrected chi connectivity index (χ0v) is 9.83. The molecule has 0 aromatic rings. The van der Waals surface area contributed by atoms with Gasteiger partial charge in [0.05, 0.1) is 13.2 Å². The van der Waals surface area contributed by atoms with Gasteiger partial charge in [-0.15, -0.1) is 11.6 Å². The van der Waals surface area contributed by atoms with Gasteiger partial charge in [0.1, 0.15) is 0 Å². The van der Waals surface area contributed by atoms with Crippen LogP contribution in [0.25, 0.3) is 0 Å². The largest absolute Gasteiger partial charge is 0.382 e. The number of ether oxygens (including phenoxy) is 2. The van der Waals surface area contributed by atoms with E-state index in [1.165, 1.54) is 11.5 Å². The lowest BCUT2D eigenvalue weighted by molar-refractivity contribution is 0.0713. The molecular weight excluding hydrogens is 208 g/mol. The Hall–Kier alpha value is 0.560. The van der Waals surface area contributed by atoms with E-state index in [0.717, 1.165) is 25.3 Å². The Kier molecular flexibility index (Phi) is 13.1. The number of hydrogen-bond donors (Lipinski definition) is 0. The van der Waals surface area contributed by atoms with Gasteiger partial charge in [-0.2, -0.15) is 11.8 Å².